The van der Waals surface area contributed by atoms with E-state index < -0.39 is 5.97 Å². The van der Waals surface area contributed by atoms with E-state index in [-0.39, 0.29) is 24.4 Å². The first-order valence-corrected chi connectivity index (χ1v) is 6.24. The van der Waals surface area contributed by atoms with E-state index in [1.807, 2.05) is 13.8 Å². The van der Waals surface area contributed by atoms with Gasteiger partial charge in [-0.05, 0) is 18.8 Å². The number of carboxylic acids is 1. The summed E-state index contributed by atoms with van der Waals surface area (Å²) in [5.41, 5.74) is 0. The fourth-order valence-corrected chi connectivity index (χ4v) is 1.44. The first-order chi connectivity index (χ1) is 8.49. The number of nitrogens with one attached hydrogen (secondary N) is 2. The van der Waals surface area contributed by atoms with Gasteiger partial charge >= 0.3 is 12.0 Å². The van der Waals surface area contributed by atoms with Crippen LogP contribution in [0.25, 0.3) is 0 Å². The molecule has 0 aromatic rings. The highest BCUT2D eigenvalue weighted by atomic mass is 16.5. The highest BCUT2D eigenvalue weighted by molar-refractivity contribution is 5.74. The number of urea groups is 1. The van der Waals surface area contributed by atoms with Crippen molar-refractivity contribution in [3.8, 4) is 0 Å². The zero-order chi connectivity index (χ0) is 14.0. The van der Waals surface area contributed by atoms with Gasteiger partial charge in [0.25, 0.3) is 0 Å². The molecule has 0 aromatic carbocycles. The average molecular weight is 260 g/mol. The number of aliphatic carboxylic acids is 1. The molecule has 6 nitrogen and oxygen atoms in total. The van der Waals surface area contributed by atoms with E-state index in [0.29, 0.717) is 19.6 Å². The van der Waals surface area contributed by atoms with Crippen molar-refractivity contribution in [2.75, 3.05) is 20.3 Å². The van der Waals surface area contributed by atoms with Crippen LogP contribution in [-0.4, -0.2) is 43.4 Å². The molecule has 0 aliphatic carbocycles. The molecule has 0 heterocycles. The molecule has 0 rings (SSSR count). The first-order valence-electron chi connectivity index (χ1n) is 6.24. The van der Waals surface area contributed by atoms with E-state index in [1.165, 1.54) is 0 Å². The summed E-state index contributed by atoms with van der Waals surface area (Å²) in [6.45, 7) is 4.84. The SMILES string of the molecule is CCC(COC)NC(=O)NCC(C)CCC(=O)O. The average Bonchev–Trinajstić information content (AvgIpc) is 2.33. The Kier molecular flexibility index (Phi) is 9.00. The Labute approximate surface area is 108 Å². The Bertz CT molecular complexity index is 258. The maximum Gasteiger partial charge on any atom is 0.315 e. The first kappa shape index (κ1) is 16.7. The van der Waals surface area contributed by atoms with Crippen LogP contribution in [0.4, 0.5) is 4.79 Å². The number of hydrogen-bond acceptors (Lipinski definition) is 3. The molecular formula is C12H24N2O4. The molecule has 2 unspecified atom stereocenters. The van der Waals surface area contributed by atoms with Gasteiger partial charge < -0.3 is 20.5 Å². The van der Waals surface area contributed by atoms with Gasteiger partial charge in [-0.2, -0.15) is 0 Å². The number of methoxy groups -OCH3 is 1. The Morgan fingerprint density at radius 3 is 2.56 bits per heavy atom. The largest absolute Gasteiger partial charge is 0.481 e. The number of hydrogen-bond donors (Lipinski definition) is 3. The monoisotopic (exact) mass is 260 g/mol. The van der Waals surface area contributed by atoms with Crippen LogP contribution in [0.5, 0.6) is 0 Å². The van der Waals surface area contributed by atoms with Gasteiger partial charge in [-0.1, -0.05) is 13.8 Å². The lowest BCUT2D eigenvalue weighted by atomic mass is 10.1. The summed E-state index contributed by atoms with van der Waals surface area (Å²) in [7, 11) is 1.59. The van der Waals surface area contributed by atoms with Crippen molar-refractivity contribution in [2.24, 2.45) is 5.92 Å². The summed E-state index contributed by atoms with van der Waals surface area (Å²) in [5.74, 6) is -0.660. The van der Waals surface area contributed by atoms with E-state index in [4.69, 9.17) is 9.84 Å². The van der Waals surface area contributed by atoms with E-state index in [9.17, 15) is 9.59 Å². The molecule has 0 saturated carbocycles. The zero-order valence-corrected chi connectivity index (χ0v) is 11.4. The second kappa shape index (κ2) is 9.70. The van der Waals surface area contributed by atoms with Crippen LogP contribution >= 0.6 is 0 Å². The molecule has 0 saturated heterocycles. The molecule has 0 aliphatic heterocycles. The summed E-state index contributed by atoms with van der Waals surface area (Å²) in [6.07, 6.45) is 1.49. The Balaban J connectivity index is 3.77. The van der Waals surface area contributed by atoms with Crippen LogP contribution in [0.1, 0.15) is 33.1 Å². The highest BCUT2D eigenvalue weighted by Crippen LogP contribution is 2.03. The molecule has 18 heavy (non-hydrogen) atoms. The summed E-state index contributed by atoms with van der Waals surface area (Å²) in [5, 5.41) is 14.1. The molecule has 106 valence electrons. The van der Waals surface area contributed by atoms with Crippen LogP contribution in [0.3, 0.4) is 0 Å². The highest BCUT2D eigenvalue weighted by Gasteiger charge is 2.11. The number of carboxylic acid groups (broad SMARTS) is 1. The number of carbonyl (C=O) groups is 2. The molecule has 2 amide bonds. The molecule has 2 atom stereocenters. The van der Waals surface area contributed by atoms with Crippen molar-refractivity contribution >= 4 is 12.0 Å². The van der Waals surface area contributed by atoms with E-state index in [1.54, 1.807) is 7.11 Å². The minimum absolute atomic E-state index is 0.00401. The van der Waals surface area contributed by atoms with Crippen molar-refractivity contribution < 1.29 is 19.4 Å². The van der Waals surface area contributed by atoms with Gasteiger partial charge in [-0.3, -0.25) is 4.79 Å². The van der Waals surface area contributed by atoms with Crippen LogP contribution in [0, 0.1) is 5.92 Å². The van der Waals surface area contributed by atoms with Crippen LogP contribution in [0.15, 0.2) is 0 Å². The van der Waals surface area contributed by atoms with Crippen LogP contribution in [0.2, 0.25) is 0 Å². The Hall–Kier alpha value is -1.30. The zero-order valence-electron chi connectivity index (χ0n) is 11.4. The third-order valence-electron chi connectivity index (χ3n) is 2.66. The normalized spacial score (nSPS) is 13.7. The van der Waals surface area contributed by atoms with Crippen molar-refractivity contribution in [3.63, 3.8) is 0 Å². The third kappa shape index (κ3) is 8.81. The summed E-state index contributed by atoms with van der Waals surface area (Å²) >= 11 is 0. The topological polar surface area (TPSA) is 87.7 Å². The molecular weight excluding hydrogens is 236 g/mol. The molecule has 0 aromatic heterocycles. The lowest BCUT2D eigenvalue weighted by Crippen LogP contribution is -2.45. The van der Waals surface area contributed by atoms with Crippen molar-refractivity contribution in [3.05, 3.63) is 0 Å². The molecule has 3 N–H and O–H groups in total. The van der Waals surface area contributed by atoms with Crippen LogP contribution in [-0.2, 0) is 9.53 Å². The van der Waals surface area contributed by atoms with E-state index in [2.05, 4.69) is 10.6 Å². The number of amides is 2. The number of ether oxygens (including phenoxy) is 1. The lowest BCUT2D eigenvalue weighted by molar-refractivity contribution is -0.137. The molecule has 6 heteroatoms. The predicted molar refractivity (Wildman–Crippen MR) is 68.5 cm³/mol. The quantitative estimate of drug-likeness (QED) is 0.581. The van der Waals surface area contributed by atoms with Gasteiger partial charge in [0.2, 0.25) is 0 Å². The third-order valence-corrected chi connectivity index (χ3v) is 2.66. The van der Waals surface area contributed by atoms with Gasteiger partial charge in [-0.15, -0.1) is 0 Å². The Morgan fingerprint density at radius 1 is 1.39 bits per heavy atom. The number of carbonyl (C=O) groups excluding carboxylic acids is 1. The van der Waals surface area contributed by atoms with E-state index >= 15 is 0 Å². The molecule has 0 fully saturated rings. The maximum atomic E-state index is 11.5. The summed E-state index contributed by atoms with van der Waals surface area (Å²) in [6, 6.07) is -0.231. The smallest absolute Gasteiger partial charge is 0.315 e. The standard InChI is InChI=1S/C12H24N2O4/c1-4-10(8-18-3)14-12(17)13-7-9(2)5-6-11(15)16/h9-10H,4-8H2,1-3H3,(H,15,16)(H2,13,14,17). The van der Waals surface area contributed by atoms with Gasteiger partial charge in [0.1, 0.15) is 0 Å². The summed E-state index contributed by atoms with van der Waals surface area (Å²) < 4.78 is 4.98. The molecule has 0 radical (unpaired) electrons. The van der Waals surface area contributed by atoms with Crippen molar-refractivity contribution in [1.29, 1.82) is 0 Å². The fourth-order valence-electron chi connectivity index (χ4n) is 1.44. The fraction of sp³-hybridized carbons (Fsp3) is 0.833. The lowest BCUT2D eigenvalue weighted by Gasteiger charge is -2.17. The van der Waals surface area contributed by atoms with Gasteiger partial charge in [0.05, 0.1) is 12.6 Å². The molecule has 0 aliphatic rings. The second-order valence-corrected chi connectivity index (χ2v) is 4.45. The maximum absolute atomic E-state index is 11.5. The minimum atomic E-state index is -0.808. The van der Waals surface area contributed by atoms with Gasteiger partial charge in [0, 0.05) is 20.1 Å². The second-order valence-electron chi connectivity index (χ2n) is 4.45. The molecule has 0 spiro atoms. The van der Waals surface area contributed by atoms with Gasteiger partial charge in [-0.25, -0.2) is 4.79 Å². The van der Waals surface area contributed by atoms with Crippen molar-refractivity contribution in [2.45, 2.75) is 39.2 Å². The summed E-state index contributed by atoms with van der Waals surface area (Å²) in [4.78, 5) is 21.9. The van der Waals surface area contributed by atoms with Crippen LogP contribution < -0.4 is 10.6 Å². The molecule has 0 bridgehead atoms. The van der Waals surface area contributed by atoms with Gasteiger partial charge in [0.15, 0.2) is 0 Å². The minimum Gasteiger partial charge on any atom is -0.481 e. The predicted octanol–water partition coefficient (Wildman–Crippen LogP) is 1.21. The van der Waals surface area contributed by atoms with E-state index in [0.717, 1.165) is 6.42 Å². The Morgan fingerprint density at radius 2 is 2.06 bits per heavy atom. The number of rotatable bonds is 9. The van der Waals surface area contributed by atoms with Crippen molar-refractivity contribution in [1.82, 2.24) is 10.6 Å².